The molecule has 0 heterocycles. The molecule has 0 saturated heterocycles. The number of aryl methyl sites for hydroxylation is 1. The summed E-state index contributed by atoms with van der Waals surface area (Å²) in [5.41, 5.74) is 2.67. The van der Waals surface area contributed by atoms with Gasteiger partial charge in [-0.2, -0.15) is 0 Å². The van der Waals surface area contributed by atoms with Gasteiger partial charge in [-0.05, 0) is 55.5 Å². The molecule has 1 aromatic carbocycles. The van der Waals surface area contributed by atoms with Crippen molar-refractivity contribution in [2.24, 2.45) is 0 Å². The maximum Gasteiger partial charge on any atom is 0.222 e. The van der Waals surface area contributed by atoms with E-state index < -0.39 is 0 Å². The second kappa shape index (κ2) is 7.46. The van der Waals surface area contributed by atoms with Crippen molar-refractivity contribution in [1.82, 2.24) is 10.2 Å². The van der Waals surface area contributed by atoms with Crippen LogP contribution in [0.15, 0.2) is 18.2 Å². The summed E-state index contributed by atoms with van der Waals surface area (Å²) in [7, 11) is 5.49. The molecule has 1 aromatic rings. The number of hydrogen-bond acceptors (Lipinski definition) is 3. The zero-order chi connectivity index (χ0) is 15.2. The lowest BCUT2D eigenvalue weighted by Gasteiger charge is -2.27. The Hall–Kier alpha value is -1.55. The number of likely N-dealkylation sites (N-methyl/N-ethyl adjacent to an activating group) is 2. The third-order valence-electron chi connectivity index (χ3n) is 4.33. The molecule has 1 unspecified atom stereocenters. The Balaban J connectivity index is 2.04. The van der Waals surface area contributed by atoms with Crippen molar-refractivity contribution in [2.45, 2.75) is 31.6 Å². The van der Waals surface area contributed by atoms with Gasteiger partial charge in [0.25, 0.3) is 0 Å². The van der Waals surface area contributed by atoms with Gasteiger partial charge in [-0.25, -0.2) is 0 Å². The average Bonchev–Trinajstić information content (AvgIpc) is 2.52. The first-order chi connectivity index (χ1) is 10.2. The molecule has 2 rings (SSSR count). The zero-order valence-corrected chi connectivity index (χ0v) is 13.3. The van der Waals surface area contributed by atoms with E-state index in [2.05, 4.69) is 17.4 Å². The van der Waals surface area contributed by atoms with Crippen LogP contribution in [0, 0.1) is 0 Å². The first-order valence-corrected chi connectivity index (χ1v) is 7.71. The van der Waals surface area contributed by atoms with Gasteiger partial charge in [0, 0.05) is 26.6 Å². The van der Waals surface area contributed by atoms with E-state index in [9.17, 15) is 4.79 Å². The van der Waals surface area contributed by atoms with Crippen molar-refractivity contribution in [3.8, 4) is 5.75 Å². The number of nitrogens with one attached hydrogen (secondary N) is 1. The number of hydrogen-bond donors (Lipinski definition) is 1. The number of methoxy groups -OCH3 is 1. The van der Waals surface area contributed by atoms with Crippen LogP contribution in [0.5, 0.6) is 5.75 Å². The first kappa shape index (κ1) is 15.8. The molecule has 0 saturated carbocycles. The second-order valence-corrected chi connectivity index (χ2v) is 5.78. The number of amides is 1. The quantitative estimate of drug-likeness (QED) is 0.873. The third kappa shape index (κ3) is 3.97. The Bertz CT molecular complexity index is 488. The lowest BCUT2D eigenvalue weighted by Crippen LogP contribution is -2.33. The number of benzene rings is 1. The van der Waals surface area contributed by atoms with Crippen LogP contribution in [-0.2, 0) is 11.2 Å². The predicted molar refractivity (Wildman–Crippen MR) is 84.9 cm³/mol. The van der Waals surface area contributed by atoms with E-state index in [-0.39, 0.29) is 5.91 Å². The van der Waals surface area contributed by atoms with Crippen molar-refractivity contribution in [2.75, 3.05) is 34.3 Å². The molecule has 21 heavy (non-hydrogen) atoms. The largest absolute Gasteiger partial charge is 0.497 e. The van der Waals surface area contributed by atoms with Crippen LogP contribution in [0.3, 0.4) is 0 Å². The van der Waals surface area contributed by atoms with Crippen molar-refractivity contribution in [3.63, 3.8) is 0 Å². The van der Waals surface area contributed by atoms with Gasteiger partial charge in [0.2, 0.25) is 5.91 Å². The molecule has 1 atom stereocenters. The molecule has 1 amide bonds. The highest BCUT2D eigenvalue weighted by atomic mass is 16.5. The van der Waals surface area contributed by atoms with Crippen LogP contribution in [0.4, 0.5) is 0 Å². The van der Waals surface area contributed by atoms with E-state index >= 15 is 0 Å². The van der Waals surface area contributed by atoms with Gasteiger partial charge in [-0.1, -0.05) is 6.07 Å². The minimum Gasteiger partial charge on any atom is -0.497 e. The van der Waals surface area contributed by atoms with Crippen molar-refractivity contribution >= 4 is 5.91 Å². The van der Waals surface area contributed by atoms with Crippen LogP contribution in [0.2, 0.25) is 0 Å². The summed E-state index contributed by atoms with van der Waals surface area (Å²) in [6.45, 7) is 1.60. The Kier molecular flexibility index (Phi) is 5.62. The van der Waals surface area contributed by atoms with Crippen molar-refractivity contribution in [3.05, 3.63) is 29.3 Å². The van der Waals surface area contributed by atoms with Crippen molar-refractivity contribution in [1.29, 1.82) is 0 Å². The van der Waals surface area contributed by atoms with E-state index in [4.69, 9.17) is 4.74 Å². The number of nitrogens with zero attached hydrogens (tertiary/aromatic N) is 1. The van der Waals surface area contributed by atoms with E-state index in [0.717, 1.165) is 38.1 Å². The van der Waals surface area contributed by atoms with E-state index in [0.29, 0.717) is 12.3 Å². The minimum absolute atomic E-state index is 0.235. The fourth-order valence-corrected chi connectivity index (χ4v) is 3.00. The second-order valence-electron chi connectivity index (χ2n) is 5.78. The van der Waals surface area contributed by atoms with Gasteiger partial charge in [0.05, 0.1) is 7.11 Å². The maximum absolute atomic E-state index is 12.3. The fourth-order valence-electron chi connectivity index (χ4n) is 3.00. The first-order valence-electron chi connectivity index (χ1n) is 7.71. The summed E-state index contributed by atoms with van der Waals surface area (Å²) in [5.74, 6) is 1.50. The topological polar surface area (TPSA) is 41.6 Å². The fraction of sp³-hybridized carbons (Fsp3) is 0.588. The lowest BCUT2D eigenvalue weighted by molar-refractivity contribution is -0.130. The Morgan fingerprint density at radius 1 is 1.48 bits per heavy atom. The van der Waals surface area contributed by atoms with Crippen LogP contribution >= 0.6 is 0 Å². The highest BCUT2D eigenvalue weighted by molar-refractivity contribution is 5.77. The van der Waals surface area contributed by atoms with Gasteiger partial charge >= 0.3 is 0 Å². The molecule has 1 aliphatic carbocycles. The number of carbonyl (C=O) groups excluding carboxylic acids is 1. The molecule has 0 spiro atoms. The third-order valence-corrected chi connectivity index (χ3v) is 4.33. The highest BCUT2D eigenvalue weighted by Gasteiger charge is 2.24. The molecule has 4 nitrogen and oxygen atoms in total. The van der Waals surface area contributed by atoms with Crippen LogP contribution < -0.4 is 10.1 Å². The van der Waals surface area contributed by atoms with Gasteiger partial charge in [-0.15, -0.1) is 0 Å². The monoisotopic (exact) mass is 290 g/mol. The summed E-state index contributed by atoms with van der Waals surface area (Å²) in [4.78, 5) is 14.2. The van der Waals surface area contributed by atoms with Crippen LogP contribution in [0.1, 0.15) is 36.3 Å². The molecular formula is C17H26N2O2. The molecule has 116 valence electrons. The van der Waals surface area contributed by atoms with Gasteiger partial charge in [0.15, 0.2) is 0 Å². The molecule has 0 fully saturated rings. The normalized spacial score (nSPS) is 17.2. The smallest absolute Gasteiger partial charge is 0.222 e. The predicted octanol–water partition coefficient (Wildman–Crippen LogP) is 2.18. The zero-order valence-electron chi connectivity index (χ0n) is 13.3. The number of rotatable bonds is 6. The summed E-state index contributed by atoms with van der Waals surface area (Å²) in [5, 5.41) is 3.08. The molecule has 4 heteroatoms. The van der Waals surface area contributed by atoms with Crippen molar-refractivity contribution < 1.29 is 9.53 Å². The molecule has 0 aromatic heterocycles. The summed E-state index contributed by atoms with van der Waals surface area (Å²) in [6, 6.07) is 6.27. The van der Waals surface area contributed by atoms with E-state index in [1.54, 1.807) is 7.11 Å². The standard InChI is InChI=1S/C17H26N2O2/c1-18-9-10-19(2)17(20)12-14-6-4-5-13-11-15(21-3)7-8-16(13)14/h7-8,11,14,18H,4-6,9-10,12H2,1-3H3. The van der Waals surface area contributed by atoms with Crippen LogP contribution in [0.25, 0.3) is 0 Å². The molecule has 0 radical (unpaired) electrons. The van der Waals surface area contributed by atoms with Gasteiger partial charge in [-0.3, -0.25) is 4.79 Å². The maximum atomic E-state index is 12.3. The van der Waals surface area contributed by atoms with Crippen LogP contribution in [-0.4, -0.2) is 45.1 Å². The number of ether oxygens (including phenoxy) is 1. The molecule has 0 aliphatic heterocycles. The SMILES string of the molecule is CNCCN(C)C(=O)CC1CCCc2cc(OC)ccc21. The molecule has 1 aliphatic rings. The average molecular weight is 290 g/mol. The summed E-state index contributed by atoms with van der Waals surface area (Å²) >= 11 is 0. The molecule has 1 N–H and O–H groups in total. The number of fused-ring (bicyclic) bond motifs is 1. The Morgan fingerprint density at radius 2 is 2.29 bits per heavy atom. The molecule has 0 bridgehead atoms. The van der Waals surface area contributed by atoms with Gasteiger partial charge in [0.1, 0.15) is 5.75 Å². The van der Waals surface area contributed by atoms with Gasteiger partial charge < -0.3 is 15.0 Å². The Labute approximate surface area is 127 Å². The molecular weight excluding hydrogens is 264 g/mol. The van der Waals surface area contributed by atoms with E-state index in [1.807, 2.05) is 25.1 Å². The number of carbonyl (C=O) groups is 1. The minimum atomic E-state index is 0.235. The lowest BCUT2D eigenvalue weighted by atomic mass is 9.81. The Morgan fingerprint density at radius 3 is 3.00 bits per heavy atom. The summed E-state index contributed by atoms with van der Waals surface area (Å²) in [6.07, 6.45) is 3.95. The summed E-state index contributed by atoms with van der Waals surface area (Å²) < 4.78 is 5.30. The van der Waals surface area contributed by atoms with E-state index in [1.165, 1.54) is 11.1 Å². The highest BCUT2D eigenvalue weighted by Crippen LogP contribution is 2.36.